The second kappa shape index (κ2) is 7.11. The number of rotatable bonds is 5. The molecule has 2 rings (SSSR count). The van der Waals surface area contributed by atoms with Gasteiger partial charge in [-0.15, -0.1) is 0 Å². The first-order chi connectivity index (χ1) is 9.31. The highest BCUT2D eigenvalue weighted by Crippen LogP contribution is 2.18. The summed E-state index contributed by atoms with van der Waals surface area (Å²) in [5.41, 5.74) is 2.88. The molecule has 1 atom stereocenters. The molecule has 1 aliphatic rings. The number of amides is 1. The number of para-hydroxylation sites is 1. The molecule has 1 N–H and O–H groups in total. The summed E-state index contributed by atoms with van der Waals surface area (Å²) in [5.74, 6) is 0.230. The zero-order chi connectivity index (χ0) is 13.5. The lowest BCUT2D eigenvalue weighted by molar-refractivity contribution is -0.186. The van der Waals surface area contributed by atoms with Gasteiger partial charge in [0.1, 0.15) is 5.75 Å². The van der Waals surface area contributed by atoms with Crippen LogP contribution in [-0.4, -0.2) is 25.4 Å². The Hall–Kier alpha value is -1.59. The number of hydrogen-bond donors (Lipinski definition) is 1. The molecule has 0 aromatic heterocycles. The number of carbonyl (C=O) groups excluding carboxylic acids is 1. The maximum atomic E-state index is 12.0. The van der Waals surface area contributed by atoms with Crippen molar-refractivity contribution >= 4 is 5.91 Å². The van der Waals surface area contributed by atoms with Crippen molar-refractivity contribution in [3.8, 4) is 5.75 Å². The van der Waals surface area contributed by atoms with Crippen molar-refractivity contribution < 1.29 is 19.1 Å². The van der Waals surface area contributed by atoms with Crippen molar-refractivity contribution in [2.45, 2.75) is 32.5 Å². The van der Waals surface area contributed by atoms with Gasteiger partial charge in [0, 0.05) is 13.0 Å². The molecule has 104 valence electrons. The molecule has 19 heavy (non-hydrogen) atoms. The molecule has 1 aliphatic heterocycles. The quantitative estimate of drug-likeness (QED) is 0.830. The number of ether oxygens (including phenoxy) is 2. The van der Waals surface area contributed by atoms with Gasteiger partial charge in [0.25, 0.3) is 5.91 Å². The van der Waals surface area contributed by atoms with Crippen LogP contribution in [0.5, 0.6) is 5.75 Å². The Morgan fingerprint density at radius 2 is 2.26 bits per heavy atom. The SMILES string of the molecule is CCOc1ccccc1C(=O)NO[C@H]1CCCCO1. The molecule has 1 amide bonds. The summed E-state index contributed by atoms with van der Waals surface area (Å²) in [6, 6.07) is 7.07. The molecule has 0 radical (unpaired) electrons. The summed E-state index contributed by atoms with van der Waals surface area (Å²) in [7, 11) is 0. The lowest BCUT2D eigenvalue weighted by Crippen LogP contribution is -2.33. The van der Waals surface area contributed by atoms with Gasteiger partial charge in [-0.25, -0.2) is 10.3 Å². The molecule has 1 fully saturated rings. The predicted molar refractivity (Wildman–Crippen MR) is 69.8 cm³/mol. The van der Waals surface area contributed by atoms with E-state index in [1.807, 2.05) is 13.0 Å². The van der Waals surface area contributed by atoms with Gasteiger partial charge in [-0.1, -0.05) is 12.1 Å². The van der Waals surface area contributed by atoms with Gasteiger partial charge in [-0.3, -0.25) is 4.79 Å². The minimum Gasteiger partial charge on any atom is -0.493 e. The van der Waals surface area contributed by atoms with Crippen LogP contribution in [0.2, 0.25) is 0 Å². The van der Waals surface area contributed by atoms with E-state index in [0.29, 0.717) is 24.5 Å². The van der Waals surface area contributed by atoms with E-state index in [1.54, 1.807) is 18.2 Å². The van der Waals surface area contributed by atoms with Crippen molar-refractivity contribution in [3.05, 3.63) is 29.8 Å². The van der Waals surface area contributed by atoms with Crippen molar-refractivity contribution in [1.29, 1.82) is 0 Å². The van der Waals surface area contributed by atoms with E-state index < -0.39 is 0 Å². The monoisotopic (exact) mass is 265 g/mol. The largest absolute Gasteiger partial charge is 0.493 e. The van der Waals surface area contributed by atoms with E-state index >= 15 is 0 Å². The van der Waals surface area contributed by atoms with Gasteiger partial charge in [-0.2, -0.15) is 0 Å². The van der Waals surface area contributed by atoms with Crippen LogP contribution in [0.15, 0.2) is 24.3 Å². The van der Waals surface area contributed by atoms with Crippen LogP contribution in [0.1, 0.15) is 36.5 Å². The van der Waals surface area contributed by atoms with E-state index in [0.717, 1.165) is 19.3 Å². The smallest absolute Gasteiger partial charge is 0.278 e. The van der Waals surface area contributed by atoms with Crippen molar-refractivity contribution in [2.24, 2.45) is 0 Å². The van der Waals surface area contributed by atoms with Crippen LogP contribution in [0.4, 0.5) is 0 Å². The Morgan fingerprint density at radius 3 is 3.00 bits per heavy atom. The maximum Gasteiger partial charge on any atom is 0.278 e. The zero-order valence-corrected chi connectivity index (χ0v) is 11.1. The fraction of sp³-hybridized carbons (Fsp3) is 0.500. The Morgan fingerprint density at radius 1 is 1.42 bits per heavy atom. The third-order valence-corrected chi connectivity index (χ3v) is 2.85. The normalized spacial score (nSPS) is 18.9. The number of hydrogen-bond acceptors (Lipinski definition) is 4. The summed E-state index contributed by atoms with van der Waals surface area (Å²) < 4.78 is 10.8. The highest BCUT2D eigenvalue weighted by molar-refractivity contribution is 5.96. The summed E-state index contributed by atoms with van der Waals surface area (Å²) >= 11 is 0. The topological polar surface area (TPSA) is 56.8 Å². The van der Waals surface area contributed by atoms with Crippen LogP contribution in [0.3, 0.4) is 0 Å². The zero-order valence-electron chi connectivity index (χ0n) is 11.1. The third kappa shape index (κ3) is 3.94. The molecule has 0 bridgehead atoms. The number of benzene rings is 1. The van der Waals surface area contributed by atoms with E-state index in [4.69, 9.17) is 14.3 Å². The molecule has 1 heterocycles. The molecule has 0 aliphatic carbocycles. The molecule has 1 aromatic rings. The van der Waals surface area contributed by atoms with Crippen molar-refractivity contribution in [3.63, 3.8) is 0 Å². The average molecular weight is 265 g/mol. The average Bonchev–Trinajstić information content (AvgIpc) is 2.47. The van der Waals surface area contributed by atoms with Gasteiger partial charge in [0.2, 0.25) is 0 Å². The molecular formula is C14H19NO4. The van der Waals surface area contributed by atoms with Crippen molar-refractivity contribution in [2.75, 3.05) is 13.2 Å². The van der Waals surface area contributed by atoms with Crippen LogP contribution in [-0.2, 0) is 9.57 Å². The van der Waals surface area contributed by atoms with E-state index in [1.165, 1.54) is 0 Å². The van der Waals surface area contributed by atoms with Gasteiger partial charge in [0.15, 0.2) is 6.29 Å². The molecule has 5 heteroatoms. The lowest BCUT2D eigenvalue weighted by atomic mass is 10.2. The van der Waals surface area contributed by atoms with Gasteiger partial charge in [-0.05, 0) is 31.9 Å². The number of nitrogens with one attached hydrogen (secondary N) is 1. The van der Waals surface area contributed by atoms with Gasteiger partial charge >= 0.3 is 0 Å². The van der Waals surface area contributed by atoms with Crippen LogP contribution in [0, 0.1) is 0 Å². The van der Waals surface area contributed by atoms with E-state index in [2.05, 4.69) is 5.48 Å². The molecule has 5 nitrogen and oxygen atoms in total. The molecule has 1 saturated heterocycles. The van der Waals surface area contributed by atoms with Crippen LogP contribution in [0.25, 0.3) is 0 Å². The highest BCUT2D eigenvalue weighted by atomic mass is 16.8. The Labute approximate surface area is 112 Å². The Balaban J connectivity index is 1.91. The Bertz CT molecular complexity index is 416. The maximum absolute atomic E-state index is 12.0. The van der Waals surface area contributed by atoms with E-state index in [-0.39, 0.29) is 12.2 Å². The predicted octanol–water partition coefficient (Wildman–Crippen LogP) is 2.27. The highest BCUT2D eigenvalue weighted by Gasteiger charge is 2.17. The van der Waals surface area contributed by atoms with Gasteiger partial charge < -0.3 is 9.47 Å². The molecule has 0 spiro atoms. The number of hydroxylamine groups is 1. The van der Waals surface area contributed by atoms with Crippen molar-refractivity contribution in [1.82, 2.24) is 5.48 Å². The molecule has 1 aromatic carbocycles. The summed E-state index contributed by atoms with van der Waals surface area (Å²) in [6.45, 7) is 3.06. The molecule has 0 unspecified atom stereocenters. The lowest BCUT2D eigenvalue weighted by Gasteiger charge is -2.22. The van der Waals surface area contributed by atoms with Crippen LogP contribution < -0.4 is 10.2 Å². The summed E-state index contributed by atoms with van der Waals surface area (Å²) in [4.78, 5) is 17.3. The Kier molecular flexibility index (Phi) is 5.18. The summed E-state index contributed by atoms with van der Waals surface area (Å²) in [6.07, 6.45) is 2.54. The first-order valence-corrected chi connectivity index (χ1v) is 6.60. The first-order valence-electron chi connectivity index (χ1n) is 6.60. The third-order valence-electron chi connectivity index (χ3n) is 2.85. The van der Waals surface area contributed by atoms with E-state index in [9.17, 15) is 4.79 Å². The first kappa shape index (κ1) is 13.8. The molecule has 0 saturated carbocycles. The standard InChI is InChI=1S/C14H19NO4/c1-2-17-12-8-4-3-7-11(12)14(16)15-19-13-9-5-6-10-18-13/h3-4,7-8,13H,2,5-6,9-10H2,1H3,(H,15,16)/t13-/m0/s1. The minimum atomic E-state index is -0.350. The fourth-order valence-electron chi connectivity index (χ4n) is 1.91. The second-order valence-corrected chi connectivity index (χ2v) is 4.27. The molecular weight excluding hydrogens is 246 g/mol. The fourth-order valence-corrected chi connectivity index (χ4v) is 1.91. The summed E-state index contributed by atoms with van der Waals surface area (Å²) in [5, 5.41) is 0. The number of carbonyl (C=O) groups is 1. The van der Waals surface area contributed by atoms with Gasteiger partial charge in [0.05, 0.1) is 12.2 Å². The minimum absolute atomic E-state index is 0.321. The van der Waals surface area contributed by atoms with Crippen LogP contribution >= 0.6 is 0 Å². The second-order valence-electron chi connectivity index (χ2n) is 4.27.